The van der Waals surface area contributed by atoms with Crippen molar-refractivity contribution in [3.63, 3.8) is 0 Å². The highest BCUT2D eigenvalue weighted by molar-refractivity contribution is 6.27. The number of rotatable bonds is 7. The van der Waals surface area contributed by atoms with Crippen molar-refractivity contribution < 1.29 is 29.3 Å². The molecule has 0 saturated heterocycles. The second-order valence-electron chi connectivity index (χ2n) is 5.76. The topological polar surface area (TPSA) is 125 Å². The van der Waals surface area contributed by atoms with E-state index in [1.54, 1.807) is 7.11 Å². The Bertz CT molecular complexity index is 750. The Labute approximate surface area is 163 Å². The molecule has 2 aromatic carbocycles. The molecule has 0 radical (unpaired) electrons. The fourth-order valence-electron chi connectivity index (χ4n) is 2.05. The Balaban J connectivity index is 0.000000568. The lowest BCUT2D eigenvalue weighted by atomic mass is 10.2. The predicted molar refractivity (Wildman–Crippen MR) is 103 cm³/mol. The molecular weight excluding hydrogens is 364 g/mol. The van der Waals surface area contributed by atoms with Crippen molar-refractivity contribution in [2.45, 2.75) is 26.1 Å². The standard InChI is InChI=1S/C18H22N2O2.C2H2O4/c1-14(18(21)20-13-15-6-4-3-5-7-15)19-12-16-8-10-17(22-2)11-9-16;3-1(4)2(5)6/h3-11,14,19H,12-13H2,1-2H3,(H,20,21);(H,3,4)(H,5,6). The summed E-state index contributed by atoms with van der Waals surface area (Å²) in [6, 6.07) is 17.4. The number of nitrogens with one attached hydrogen (secondary N) is 2. The monoisotopic (exact) mass is 388 g/mol. The van der Waals surface area contributed by atoms with Crippen LogP contribution in [0.3, 0.4) is 0 Å². The van der Waals surface area contributed by atoms with Crippen molar-refractivity contribution in [3.05, 3.63) is 65.7 Å². The van der Waals surface area contributed by atoms with E-state index in [9.17, 15) is 4.79 Å². The molecule has 1 amide bonds. The molecule has 0 bridgehead atoms. The van der Waals surface area contributed by atoms with Gasteiger partial charge in [-0.1, -0.05) is 42.5 Å². The zero-order valence-corrected chi connectivity index (χ0v) is 15.7. The molecule has 1 atom stereocenters. The zero-order chi connectivity index (χ0) is 20.9. The number of benzene rings is 2. The number of carbonyl (C=O) groups is 3. The summed E-state index contributed by atoms with van der Waals surface area (Å²) < 4.78 is 5.12. The minimum absolute atomic E-state index is 0.00244. The number of ether oxygens (including phenoxy) is 1. The lowest BCUT2D eigenvalue weighted by molar-refractivity contribution is -0.159. The van der Waals surface area contributed by atoms with Crippen molar-refractivity contribution in [2.24, 2.45) is 0 Å². The van der Waals surface area contributed by atoms with E-state index in [0.717, 1.165) is 16.9 Å². The average molecular weight is 388 g/mol. The van der Waals surface area contributed by atoms with Crippen molar-refractivity contribution >= 4 is 17.8 Å². The first-order valence-electron chi connectivity index (χ1n) is 8.47. The van der Waals surface area contributed by atoms with Gasteiger partial charge in [-0.05, 0) is 30.2 Å². The van der Waals surface area contributed by atoms with Crippen LogP contribution in [0, 0.1) is 0 Å². The van der Waals surface area contributed by atoms with E-state index in [1.165, 1.54) is 0 Å². The van der Waals surface area contributed by atoms with Gasteiger partial charge in [0.05, 0.1) is 13.2 Å². The molecule has 0 aliphatic rings. The van der Waals surface area contributed by atoms with Gasteiger partial charge in [0.1, 0.15) is 5.75 Å². The molecule has 28 heavy (non-hydrogen) atoms. The number of carboxylic acids is 2. The Kier molecular flexibility index (Phi) is 9.77. The molecule has 0 heterocycles. The number of methoxy groups -OCH3 is 1. The summed E-state index contributed by atoms with van der Waals surface area (Å²) in [5, 5.41) is 20.9. The molecule has 4 N–H and O–H groups in total. The van der Waals surface area contributed by atoms with Crippen LogP contribution in [0.25, 0.3) is 0 Å². The molecular formula is C20H24N2O6. The van der Waals surface area contributed by atoms with Crippen LogP contribution < -0.4 is 15.4 Å². The summed E-state index contributed by atoms with van der Waals surface area (Å²) in [7, 11) is 1.65. The summed E-state index contributed by atoms with van der Waals surface area (Å²) in [6.07, 6.45) is 0. The highest BCUT2D eigenvalue weighted by Gasteiger charge is 2.11. The lowest BCUT2D eigenvalue weighted by Gasteiger charge is -2.14. The SMILES string of the molecule is COc1ccc(CNC(C)C(=O)NCc2ccccc2)cc1.O=C(O)C(=O)O. The second kappa shape index (κ2) is 12.1. The maximum Gasteiger partial charge on any atom is 0.414 e. The molecule has 2 aromatic rings. The third-order valence-electron chi connectivity index (χ3n) is 3.66. The van der Waals surface area contributed by atoms with E-state index in [4.69, 9.17) is 24.5 Å². The predicted octanol–water partition coefficient (Wildman–Crippen LogP) is 1.65. The molecule has 2 rings (SSSR count). The van der Waals surface area contributed by atoms with Crippen molar-refractivity contribution in [2.75, 3.05) is 7.11 Å². The Morgan fingerprint density at radius 2 is 1.43 bits per heavy atom. The number of carboxylic acid groups (broad SMARTS) is 2. The lowest BCUT2D eigenvalue weighted by Crippen LogP contribution is -2.41. The number of hydrogen-bond acceptors (Lipinski definition) is 5. The molecule has 8 nitrogen and oxygen atoms in total. The van der Waals surface area contributed by atoms with E-state index >= 15 is 0 Å². The van der Waals surface area contributed by atoms with E-state index in [1.807, 2.05) is 61.5 Å². The molecule has 0 aliphatic heterocycles. The zero-order valence-electron chi connectivity index (χ0n) is 15.7. The first kappa shape index (κ1) is 22.7. The molecule has 0 spiro atoms. The van der Waals surface area contributed by atoms with Gasteiger partial charge in [0.25, 0.3) is 0 Å². The van der Waals surface area contributed by atoms with Crippen LogP contribution in [0.15, 0.2) is 54.6 Å². The Morgan fingerprint density at radius 1 is 0.893 bits per heavy atom. The third-order valence-corrected chi connectivity index (χ3v) is 3.66. The minimum atomic E-state index is -1.82. The summed E-state index contributed by atoms with van der Waals surface area (Å²) in [6.45, 7) is 3.06. The Morgan fingerprint density at radius 3 is 1.93 bits per heavy atom. The van der Waals surface area contributed by atoms with E-state index < -0.39 is 11.9 Å². The quantitative estimate of drug-likeness (QED) is 0.532. The van der Waals surface area contributed by atoms with Crippen molar-refractivity contribution in [1.29, 1.82) is 0 Å². The smallest absolute Gasteiger partial charge is 0.414 e. The van der Waals surface area contributed by atoms with E-state index in [2.05, 4.69) is 10.6 Å². The second-order valence-corrected chi connectivity index (χ2v) is 5.76. The van der Waals surface area contributed by atoms with Gasteiger partial charge in [-0.3, -0.25) is 4.79 Å². The summed E-state index contributed by atoms with van der Waals surface area (Å²) in [5.41, 5.74) is 2.21. The molecule has 1 unspecified atom stereocenters. The largest absolute Gasteiger partial charge is 0.497 e. The first-order valence-corrected chi connectivity index (χ1v) is 8.47. The van der Waals surface area contributed by atoms with Crippen LogP contribution in [0.5, 0.6) is 5.75 Å². The number of hydrogen-bond donors (Lipinski definition) is 4. The molecule has 8 heteroatoms. The fraction of sp³-hybridized carbons (Fsp3) is 0.250. The summed E-state index contributed by atoms with van der Waals surface area (Å²) in [4.78, 5) is 30.2. The van der Waals surface area contributed by atoms with Crippen LogP contribution in [-0.2, 0) is 27.5 Å². The van der Waals surface area contributed by atoms with Crippen molar-refractivity contribution in [3.8, 4) is 5.75 Å². The number of amides is 1. The van der Waals surface area contributed by atoms with Gasteiger partial charge < -0.3 is 25.6 Å². The maximum absolute atomic E-state index is 12.0. The third kappa shape index (κ3) is 8.81. The molecule has 150 valence electrons. The molecule has 0 aromatic heterocycles. The van der Waals surface area contributed by atoms with Gasteiger partial charge >= 0.3 is 11.9 Å². The number of aliphatic carboxylic acids is 2. The molecule has 0 fully saturated rings. The van der Waals surface area contributed by atoms with Crippen LogP contribution >= 0.6 is 0 Å². The van der Waals surface area contributed by atoms with Gasteiger partial charge in [-0.25, -0.2) is 9.59 Å². The van der Waals surface area contributed by atoms with Gasteiger partial charge in [0.15, 0.2) is 0 Å². The fourth-order valence-corrected chi connectivity index (χ4v) is 2.05. The highest BCUT2D eigenvalue weighted by atomic mass is 16.5. The molecule has 0 aliphatic carbocycles. The minimum Gasteiger partial charge on any atom is -0.497 e. The van der Waals surface area contributed by atoms with Crippen LogP contribution in [0.4, 0.5) is 0 Å². The van der Waals surface area contributed by atoms with E-state index in [-0.39, 0.29) is 11.9 Å². The molecule has 0 saturated carbocycles. The van der Waals surface area contributed by atoms with Crippen LogP contribution in [-0.4, -0.2) is 41.2 Å². The Hall–Kier alpha value is -3.39. The summed E-state index contributed by atoms with van der Waals surface area (Å²) in [5.74, 6) is -2.82. The van der Waals surface area contributed by atoms with Gasteiger partial charge in [0.2, 0.25) is 5.91 Å². The maximum atomic E-state index is 12.0. The van der Waals surface area contributed by atoms with Gasteiger partial charge in [0, 0.05) is 13.1 Å². The van der Waals surface area contributed by atoms with Gasteiger partial charge in [-0.15, -0.1) is 0 Å². The average Bonchev–Trinajstić information content (AvgIpc) is 2.71. The first-order chi connectivity index (χ1) is 13.3. The van der Waals surface area contributed by atoms with E-state index in [0.29, 0.717) is 13.1 Å². The summed E-state index contributed by atoms with van der Waals surface area (Å²) >= 11 is 0. The number of carbonyl (C=O) groups excluding carboxylic acids is 1. The van der Waals surface area contributed by atoms with Crippen molar-refractivity contribution in [1.82, 2.24) is 10.6 Å². The normalized spacial score (nSPS) is 10.8. The van der Waals surface area contributed by atoms with Gasteiger partial charge in [-0.2, -0.15) is 0 Å². The highest BCUT2D eigenvalue weighted by Crippen LogP contribution is 2.11. The van der Waals surface area contributed by atoms with Crippen LogP contribution in [0.2, 0.25) is 0 Å². The van der Waals surface area contributed by atoms with Crippen LogP contribution in [0.1, 0.15) is 18.1 Å².